The molecule has 0 bridgehead atoms. The van der Waals surface area contributed by atoms with Gasteiger partial charge in [0, 0.05) is 69.2 Å². The van der Waals surface area contributed by atoms with Gasteiger partial charge in [-0.2, -0.15) is 0 Å². The lowest BCUT2D eigenvalue weighted by molar-refractivity contribution is -0.123. The van der Waals surface area contributed by atoms with Crippen molar-refractivity contribution in [3.05, 3.63) is 70.9 Å². The summed E-state index contributed by atoms with van der Waals surface area (Å²) >= 11 is 1.72. The van der Waals surface area contributed by atoms with Crippen LogP contribution >= 0.6 is 11.3 Å². The SMILES string of the molecule is CC(C(=O)Nc1ccc2sc3c(-c4cccc5c(=O)cc(N6CCCCC6)oc45)cccc3c2c1)N1CCO[C@@H](C)C1. The normalized spacial score (nSPS) is 19.0. The molecule has 7 rings (SSSR count). The summed E-state index contributed by atoms with van der Waals surface area (Å²) in [5.41, 5.74) is 3.37. The monoisotopic (exact) mass is 581 g/mol. The molecule has 5 aromatic rings. The molecule has 8 heteroatoms. The number of fused-ring (bicyclic) bond motifs is 4. The summed E-state index contributed by atoms with van der Waals surface area (Å²) in [6.45, 7) is 7.96. The van der Waals surface area contributed by atoms with E-state index >= 15 is 0 Å². The summed E-state index contributed by atoms with van der Waals surface area (Å²) in [4.78, 5) is 30.7. The summed E-state index contributed by atoms with van der Waals surface area (Å²) in [5, 5.41) is 5.95. The van der Waals surface area contributed by atoms with Crippen LogP contribution in [0.4, 0.5) is 11.6 Å². The second-order valence-corrected chi connectivity index (χ2v) is 12.6. The number of hydrogen-bond donors (Lipinski definition) is 1. The van der Waals surface area contributed by atoms with E-state index in [-0.39, 0.29) is 23.5 Å². The number of hydrogen-bond acceptors (Lipinski definition) is 7. The maximum absolute atomic E-state index is 13.2. The molecule has 2 saturated heterocycles. The Morgan fingerprint density at radius 1 is 0.952 bits per heavy atom. The minimum absolute atomic E-state index is 0.0108. The third kappa shape index (κ3) is 4.97. The Hall–Kier alpha value is -3.72. The van der Waals surface area contributed by atoms with Crippen LogP contribution in [0.1, 0.15) is 33.1 Å². The molecule has 2 atom stereocenters. The van der Waals surface area contributed by atoms with E-state index in [1.54, 1.807) is 17.4 Å². The smallest absolute Gasteiger partial charge is 0.241 e. The molecule has 7 nitrogen and oxygen atoms in total. The second kappa shape index (κ2) is 11.2. The molecule has 42 heavy (non-hydrogen) atoms. The standard InChI is InChI=1S/C34H35N3O4S/c1-21-20-37(16-17-40-21)22(2)34(39)35-23-12-13-30-28(18-23)26-10-7-9-25(33(26)42-30)24-8-6-11-27-29(38)19-31(41-32(24)27)36-14-4-3-5-15-36/h6-13,18-19,21-22H,3-5,14-17,20H2,1-2H3,(H,35,39)/t21-,22?/m0/s1. The van der Waals surface area contributed by atoms with Crippen molar-refractivity contribution in [2.24, 2.45) is 0 Å². The summed E-state index contributed by atoms with van der Waals surface area (Å²) in [6, 6.07) is 19.7. The predicted octanol–water partition coefficient (Wildman–Crippen LogP) is 6.87. The fourth-order valence-corrected chi connectivity index (χ4v) is 7.56. The fraction of sp³-hybridized carbons (Fsp3) is 0.353. The molecule has 0 aliphatic carbocycles. The number of rotatable bonds is 5. The lowest BCUT2D eigenvalue weighted by Gasteiger charge is -2.34. The van der Waals surface area contributed by atoms with Crippen molar-refractivity contribution < 1.29 is 13.9 Å². The minimum Gasteiger partial charge on any atom is -0.440 e. The van der Waals surface area contributed by atoms with Gasteiger partial charge in [0.15, 0.2) is 11.3 Å². The maximum atomic E-state index is 13.2. The van der Waals surface area contributed by atoms with Crippen LogP contribution < -0.4 is 15.6 Å². The van der Waals surface area contributed by atoms with Gasteiger partial charge in [-0.05, 0) is 57.4 Å². The number of benzene rings is 3. The Labute approximate surface area is 248 Å². The van der Waals surface area contributed by atoms with Crippen LogP contribution in [0.2, 0.25) is 0 Å². The zero-order valence-corrected chi connectivity index (χ0v) is 24.8. The van der Waals surface area contributed by atoms with Crippen molar-refractivity contribution in [3.63, 3.8) is 0 Å². The highest BCUT2D eigenvalue weighted by atomic mass is 32.1. The van der Waals surface area contributed by atoms with Gasteiger partial charge in [0.1, 0.15) is 5.58 Å². The van der Waals surface area contributed by atoms with Crippen LogP contribution in [0.3, 0.4) is 0 Å². The first-order valence-corrected chi connectivity index (χ1v) is 15.7. The quantitative estimate of drug-likeness (QED) is 0.244. The number of piperidine rings is 1. The third-order valence-electron chi connectivity index (χ3n) is 8.66. The molecule has 1 N–H and O–H groups in total. The van der Waals surface area contributed by atoms with Crippen molar-refractivity contribution >= 4 is 60.0 Å². The van der Waals surface area contributed by atoms with Crippen LogP contribution in [0.5, 0.6) is 0 Å². The first kappa shape index (κ1) is 27.1. The van der Waals surface area contributed by atoms with Crippen molar-refractivity contribution in [3.8, 4) is 11.1 Å². The van der Waals surface area contributed by atoms with E-state index in [9.17, 15) is 9.59 Å². The van der Waals surface area contributed by atoms with Gasteiger partial charge >= 0.3 is 0 Å². The van der Waals surface area contributed by atoms with Gasteiger partial charge in [-0.3, -0.25) is 14.5 Å². The molecule has 2 fully saturated rings. The van der Waals surface area contributed by atoms with Gasteiger partial charge in [-0.1, -0.05) is 30.3 Å². The Morgan fingerprint density at radius 3 is 2.55 bits per heavy atom. The van der Waals surface area contributed by atoms with E-state index < -0.39 is 0 Å². The Balaban J connectivity index is 1.26. The number of anilines is 2. The van der Waals surface area contributed by atoms with E-state index in [4.69, 9.17) is 9.15 Å². The van der Waals surface area contributed by atoms with Crippen molar-refractivity contribution in [2.75, 3.05) is 43.0 Å². The number of nitrogens with one attached hydrogen (secondary N) is 1. The van der Waals surface area contributed by atoms with Crippen molar-refractivity contribution in [1.82, 2.24) is 4.90 Å². The Kier molecular flexibility index (Phi) is 7.22. The number of amides is 1. The molecule has 0 radical (unpaired) electrons. The van der Waals surface area contributed by atoms with Crippen LogP contribution in [-0.4, -0.2) is 55.7 Å². The number of thiophene rings is 1. The van der Waals surface area contributed by atoms with E-state index in [1.807, 2.05) is 38.1 Å². The van der Waals surface area contributed by atoms with E-state index in [0.717, 1.165) is 76.0 Å². The van der Waals surface area contributed by atoms with Crippen LogP contribution in [0.15, 0.2) is 69.9 Å². The summed E-state index contributed by atoms with van der Waals surface area (Å²) in [7, 11) is 0. The molecule has 2 aromatic heterocycles. The number of morpholine rings is 1. The zero-order chi connectivity index (χ0) is 28.8. The second-order valence-electron chi connectivity index (χ2n) is 11.5. The van der Waals surface area contributed by atoms with E-state index in [2.05, 4.69) is 45.4 Å². The number of nitrogens with zero attached hydrogens (tertiary/aromatic N) is 2. The van der Waals surface area contributed by atoms with Gasteiger partial charge in [0.05, 0.1) is 24.1 Å². The average Bonchev–Trinajstić information content (AvgIpc) is 3.39. The van der Waals surface area contributed by atoms with E-state index in [1.165, 1.54) is 6.42 Å². The van der Waals surface area contributed by atoms with Gasteiger partial charge < -0.3 is 19.4 Å². The molecule has 1 amide bonds. The molecule has 0 saturated carbocycles. The minimum atomic E-state index is -0.242. The van der Waals surface area contributed by atoms with Crippen molar-refractivity contribution in [2.45, 2.75) is 45.3 Å². The van der Waals surface area contributed by atoms with Gasteiger partial charge in [0.2, 0.25) is 5.91 Å². The average molecular weight is 582 g/mol. The highest BCUT2D eigenvalue weighted by Gasteiger charge is 2.26. The third-order valence-corrected chi connectivity index (χ3v) is 9.88. The molecular weight excluding hydrogens is 546 g/mol. The van der Waals surface area contributed by atoms with Crippen LogP contribution in [0, 0.1) is 0 Å². The first-order chi connectivity index (χ1) is 20.5. The molecule has 1 unspecified atom stereocenters. The van der Waals surface area contributed by atoms with Crippen molar-refractivity contribution in [1.29, 1.82) is 0 Å². The molecule has 2 aliphatic rings. The first-order valence-electron chi connectivity index (χ1n) is 14.9. The van der Waals surface area contributed by atoms with Gasteiger partial charge in [-0.15, -0.1) is 11.3 Å². The Bertz CT molecular complexity index is 1860. The van der Waals surface area contributed by atoms with Crippen LogP contribution in [0.25, 0.3) is 42.3 Å². The van der Waals surface area contributed by atoms with Gasteiger partial charge in [-0.25, -0.2) is 0 Å². The fourth-order valence-electron chi connectivity index (χ4n) is 6.35. The Morgan fingerprint density at radius 2 is 1.74 bits per heavy atom. The number of ether oxygens (including phenoxy) is 1. The molecular formula is C34H35N3O4S. The summed E-state index contributed by atoms with van der Waals surface area (Å²) in [5.74, 6) is 0.642. The zero-order valence-electron chi connectivity index (χ0n) is 24.0. The highest BCUT2D eigenvalue weighted by molar-refractivity contribution is 7.26. The molecule has 2 aliphatic heterocycles. The molecule has 0 spiro atoms. The molecule has 3 aromatic carbocycles. The summed E-state index contributed by atoms with van der Waals surface area (Å²) in [6.07, 6.45) is 3.56. The van der Waals surface area contributed by atoms with Gasteiger partial charge in [0.25, 0.3) is 0 Å². The lowest BCUT2D eigenvalue weighted by atomic mass is 10.0. The lowest BCUT2D eigenvalue weighted by Crippen LogP contribution is -2.50. The van der Waals surface area contributed by atoms with E-state index in [0.29, 0.717) is 23.5 Å². The molecule has 216 valence electrons. The molecule has 4 heterocycles. The largest absolute Gasteiger partial charge is 0.440 e. The predicted molar refractivity (Wildman–Crippen MR) is 172 cm³/mol. The maximum Gasteiger partial charge on any atom is 0.241 e. The number of carbonyl (C=O) groups is 1. The summed E-state index contributed by atoms with van der Waals surface area (Å²) < 4.78 is 14.4. The number of para-hydroxylation sites is 1. The van der Waals surface area contributed by atoms with Crippen LogP contribution in [-0.2, 0) is 9.53 Å². The topological polar surface area (TPSA) is 75.0 Å². The number of carbonyl (C=O) groups excluding carboxylic acids is 1. The highest BCUT2D eigenvalue weighted by Crippen LogP contribution is 2.42.